The molecule has 1 aromatic heterocycles. The van der Waals surface area contributed by atoms with Crippen LogP contribution in [0.25, 0.3) is 82.4 Å². The van der Waals surface area contributed by atoms with Crippen LogP contribution in [0.3, 0.4) is 0 Å². The lowest BCUT2D eigenvalue weighted by molar-refractivity contribution is 1.18. The average molecular weight is 919 g/mol. The van der Waals surface area contributed by atoms with Gasteiger partial charge in [0.05, 0.1) is 16.7 Å². The predicted molar refractivity (Wildman–Crippen MR) is 304 cm³/mol. The molecule has 0 unspecified atom stereocenters. The van der Waals surface area contributed by atoms with Gasteiger partial charge in [0.2, 0.25) is 0 Å². The van der Waals surface area contributed by atoms with E-state index < -0.39 is 8.07 Å². The summed E-state index contributed by atoms with van der Waals surface area (Å²) >= 11 is 0. The molecule has 0 saturated carbocycles. The first-order chi connectivity index (χ1) is 35.2. The smallest absolute Gasteiger partial charge is 0.180 e. The van der Waals surface area contributed by atoms with Crippen molar-refractivity contribution in [3.8, 4) is 39.1 Å². The monoisotopic (exact) mass is 918 g/mol. The lowest BCUT2D eigenvalue weighted by Gasteiger charge is -2.31. The Labute approximate surface area is 414 Å². The fourth-order valence-corrected chi connectivity index (χ4v) is 17.1. The molecule has 0 amide bonds. The largest absolute Gasteiger partial charge is 0.310 e. The molecule has 0 bridgehead atoms. The second kappa shape index (κ2) is 16.6. The topological polar surface area (TPSA) is 8.17 Å². The van der Waals surface area contributed by atoms with Gasteiger partial charge in [-0.25, -0.2) is 0 Å². The van der Waals surface area contributed by atoms with E-state index in [9.17, 15) is 0 Å². The van der Waals surface area contributed by atoms with E-state index in [1.807, 2.05) is 0 Å². The highest BCUT2D eigenvalue weighted by molar-refractivity contribution is 7.22. The molecule has 3 heteroatoms. The van der Waals surface area contributed by atoms with E-state index in [0.29, 0.717) is 0 Å². The minimum Gasteiger partial charge on any atom is -0.310 e. The molecule has 0 aliphatic carbocycles. The van der Waals surface area contributed by atoms with Gasteiger partial charge < -0.3 is 9.47 Å². The van der Waals surface area contributed by atoms with Crippen LogP contribution in [0, 0.1) is 0 Å². The van der Waals surface area contributed by atoms with Crippen LogP contribution in [0.4, 0.5) is 17.1 Å². The Hall–Kier alpha value is -9.02. The lowest BCUT2D eigenvalue weighted by Crippen LogP contribution is -2.72. The molecule has 12 aromatic carbocycles. The number of para-hydroxylation sites is 2. The van der Waals surface area contributed by atoms with E-state index in [0.717, 1.165) is 22.7 Å². The van der Waals surface area contributed by atoms with E-state index >= 15 is 0 Å². The van der Waals surface area contributed by atoms with Crippen LogP contribution in [-0.2, 0) is 0 Å². The van der Waals surface area contributed by atoms with E-state index in [-0.39, 0.29) is 0 Å². The van der Waals surface area contributed by atoms with Gasteiger partial charge in [-0.1, -0.05) is 218 Å². The van der Waals surface area contributed by atoms with Crippen LogP contribution in [0.1, 0.15) is 0 Å². The average Bonchev–Trinajstić information content (AvgIpc) is 3.95. The van der Waals surface area contributed by atoms with E-state index in [2.05, 4.69) is 289 Å². The minimum absolute atomic E-state index is 1.10. The molecule has 13 aromatic rings. The molecule has 0 fully saturated rings. The summed E-state index contributed by atoms with van der Waals surface area (Å²) in [6.07, 6.45) is 0. The third-order valence-corrected chi connectivity index (χ3v) is 19.9. The van der Waals surface area contributed by atoms with Crippen molar-refractivity contribution in [3.63, 3.8) is 0 Å². The molecule has 1 aliphatic rings. The van der Waals surface area contributed by atoms with Crippen LogP contribution < -0.4 is 25.6 Å². The van der Waals surface area contributed by atoms with Gasteiger partial charge in [0.15, 0.2) is 8.07 Å². The number of rotatable bonds is 8. The van der Waals surface area contributed by atoms with E-state index in [4.69, 9.17) is 0 Å². The number of hydrogen-bond donors (Lipinski definition) is 0. The number of anilines is 3. The molecule has 71 heavy (non-hydrogen) atoms. The van der Waals surface area contributed by atoms with Gasteiger partial charge in [0.25, 0.3) is 0 Å². The molecule has 1 aliphatic heterocycles. The van der Waals surface area contributed by atoms with Crippen LogP contribution >= 0.6 is 0 Å². The third-order valence-electron chi connectivity index (χ3n) is 15.0. The number of benzene rings is 12. The van der Waals surface area contributed by atoms with Gasteiger partial charge in [0.1, 0.15) is 0 Å². The highest BCUT2D eigenvalue weighted by Gasteiger charge is 2.48. The summed E-state index contributed by atoms with van der Waals surface area (Å²) in [5, 5.41) is 13.2. The molecular weight excluding hydrogens is 873 g/mol. The van der Waals surface area contributed by atoms with Crippen molar-refractivity contribution in [2.24, 2.45) is 0 Å². The van der Waals surface area contributed by atoms with Gasteiger partial charge in [-0.3, -0.25) is 0 Å². The lowest BCUT2D eigenvalue weighted by atomic mass is 9.97. The van der Waals surface area contributed by atoms with Gasteiger partial charge >= 0.3 is 0 Å². The van der Waals surface area contributed by atoms with Crippen LogP contribution in [0.5, 0.6) is 0 Å². The molecule has 14 rings (SSSR count). The summed E-state index contributed by atoms with van der Waals surface area (Å²) in [4.78, 5) is 2.44. The highest BCUT2D eigenvalue weighted by atomic mass is 28.3. The van der Waals surface area contributed by atoms with E-state index in [1.54, 1.807) is 0 Å². The zero-order valence-electron chi connectivity index (χ0n) is 39.0. The molecule has 0 atom stereocenters. The maximum Gasteiger partial charge on any atom is 0.180 e. The van der Waals surface area contributed by atoms with E-state index in [1.165, 1.54) is 97.5 Å². The zero-order chi connectivity index (χ0) is 46.9. The van der Waals surface area contributed by atoms with Crippen molar-refractivity contribution in [3.05, 3.63) is 279 Å². The molecule has 0 radical (unpaired) electrons. The Bertz CT molecular complexity index is 4060. The first-order valence-electron chi connectivity index (χ1n) is 24.6. The second-order valence-electron chi connectivity index (χ2n) is 18.8. The molecule has 0 N–H and O–H groups in total. The first-order valence-corrected chi connectivity index (χ1v) is 26.6. The summed E-state index contributed by atoms with van der Waals surface area (Å²) in [5.74, 6) is 0. The molecule has 2 heterocycles. The van der Waals surface area contributed by atoms with Gasteiger partial charge in [-0.2, -0.15) is 0 Å². The summed E-state index contributed by atoms with van der Waals surface area (Å²) < 4.78 is 2.39. The molecule has 332 valence electrons. The predicted octanol–water partition coefficient (Wildman–Crippen LogP) is 15.3. The number of fused-ring (bicyclic) bond motifs is 9. The van der Waals surface area contributed by atoms with Crippen LogP contribution in [0.15, 0.2) is 279 Å². The molecule has 0 saturated heterocycles. The molecular formula is C68H46N2Si. The van der Waals surface area contributed by atoms with Crippen molar-refractivity contribution >= 4 is 89.2 Å². The summed E-state index contributed by atoms with van der Waals surface area (Å²) in [6, 6.07) is 104. The molecule has 2 nitrogen and oxygen atoms in total. The SMILES string of the molecule is c1ccc([Si]2(c3ccccc3)c3ccccc3-c3cc(-c4ccc(N(c5ccc(-c6cccc(-n7c8ccccc8c8ccccc87)c6)cc5)c5cc6ccccc6c6ccccc56)cc4)ccc32)cc1. The fourth-order valence-electron chi connectivity index (χ4n) is 11.9. The Morgan fingerprint density at radius 2 is 0.789 bits per heavy atom. The third kappa shape index (κ3) is 6.48. The summed E-state index contributed by atoms with van der Waals surface area (Å²) in [6.45, 7) is 0. The maximum atomic E-state index is 2.45. The second-order valence-corrected chi connectivity index (χ2v) is 22.5. The Morgan fingerprint density at radius 3 is 1.44 bits per heavy atom. The van der Waals surface area contributed by atoms with Crippen molar-refractivity contribution < 1.29 is 0 Å². The number of aromatic nitrogens is 1. The quantitative estimate of drug-likeness (QED) is 0.109. The van der Waals surface area contributed by atoms with Crippen LogP contribution in [-0.4, -0.2) is 12.6 Å². The van der Waals surface area contributed by atoms with Gasteiger partial charge in [-0.05, 0) is 131 Å². The summed E-state index contributed by atoms with van der Waals surface area (Å²) in [5.41, 5.74) is 14.3. The maximum absolute atomic E-state index is 2.56. The summed E-state index contributed by atoms with van der Waals surface area (Å²) in [7, 11) is -2.56. The fraction of sp³-hybridized carbons (Fsp3) is 0. The highest BCUT2D eigenvalue weighted by Crippen LogP contribution is 2.44. The standard InChI is InChI=1S/C68H46N2Si/c1-3-21-55(22-4-1)71(56-23-5-2-6-24-56)67-33-16-13-30-62(67)63-45-50(38-43-68(63)71)48-36-41-53(42-37-48)69(66-46-51-18-7-8-25-57(51)58-26-9-10-27-59(58)66)52-39-34-47(35-40-52)49-19-17-20-54(44-49)70-64-31-14-11-28-60(64)61-29-12-15-32-65(61)70/h1-46H. The number of nitrogens with zero attached hydrogens (tertiary/aromatic N) is 2. The van der Waals surface area contributed by atoms with Gasteiger partial charge in [-0.15, -0.1) is 0 Å². The zero-order valence-corrected chi connectivity index (χ0v) is 40.0. The number of hydrogen-bond acceptors (Lipinski definition) is 1. The normalized spacial score (nSPS) is 12.6. The van der Waals surface area contributed by atoms with Crippen molar-refractivity contribution in [2.75, 3.05) is 4.90 Å². The Balaban J connectivity index is 0.879. The minimum atomic E-state index is -2.56. The van der Waals surface area contributed by atoms with Crippen molar-refractivity contribution in [2.45, 2.75) is 0 Å². The molecule has 0 spiro atoms. The van der Waals surface area contributed by atoms with Crippen molar-refractivity contribution in [1.82, 2.24) is 4.57 Å². The van der Waals surface area contributed by atoms with Crippen LogP contribution in [0.2, 0.25) is 0 Å². The Kier molecular flexibility index (Phi) is 9.58. The van der Waals surface area contributed by atoms with Crippen molar-refractivity contribution in [1.29, 1.82) is 0 Å². The first kappa shape index (κ1) is 41.0. The van der Waals surface area contributed by atoms with Gasteiger partial charge in [0, 0.05) is 33.2 Å². The Morgan fingerprint density at radius 1 is 0.296 bits per heavy atom.